The summed E-state index contributed by atoms with van der Waals surface area (Å²) in [6, 6.07) is 14.9. The number of ketones is 1. The zero-order chi connectivity index (χ0) is 29.6. The number of benzene rings is 2. The number of carbonyl (C=O) groups excluding carboxylic acids is 2. The van der Waals surface area contributed by atoms with E-state index < -0.39 is 17.7 Å². The number of amides is 1. The molecule has 1 atom stereocenters. The molecule has 1 fully saturated rings. The molecular weight excluding hydrogens is 596 g/mol. The van der Waals surface area contributed by atoms with Crippen LogP contribution in [0.5, 0.6) is 11.5 Å². The molecule has 216 valence electrons. The van der Waals surface area contributed by atoms with E-state index in [0.717, 1.165) is 12.0 Å². The van der Waals surface area contributed by atoms with Crippen molar-refractivity contribution >= 4 is 57.3 Å². The van der Waals surface area contributed by atoms with Crippen molar-refractivity contribution in [1.82, 2.24) is 15.2 Å². The molecule has 2 aromatic heterocycles. The largest absolute Gasteiger partial charge is 0.507 e. The fourth-order valence-corrected chi connectivity index (χ4v) is 6.34. The summed E-state index contributed by atoms with van der Waals surface area (Å²) in [4.78, 5) is 32.3. The summed E-state index contributed by atoms with van der Waals surface area (Å²) >= 11 is 8.64. The number of aliphatic hydroxyl groups excluding tert-OH is 1. The summed E-state index contributed by atoms with van der Waals surface area (Å²) in [6.45, 7) is 4.75. The second-order valence-corrected chi connectivity index (χ2v) is 11.8. The van der Waals surface area contributed by atoms with Crippen LogP contribution in [0.25, 0.3) is 5.76 Å². The lowest BCUT2D eigenvalue weighted by Gasteiger charge is -2.23. The van der Waals surface area contributed by atoms with E-state index in [1.807, 2.05) is 38.1 Å². The highest BCUT2D eigenvalue weighted by molar-refractivity contribution is 8.00. The topological polar surface area (TPSA) is 115 Å². The number of Topliss-reactive ketones (excluding diaryl/α,β-unsaturated/α-hetero) is 1. The third-order valence-electron chi connectivity index (χ3n) is 6.32. The molecule has 4 aromatic rings. The van der Waals surface area contributed by atoms with Gasteiger partial charge in [0.15, 0.2) is 15.8 Å². The van der Waals surface area contributed by atoms with Crippen molar-refractivity contribution in [2.24, 2.45) is 0 Å². The third-order valence-corrected chi connectivity index (χ3v) is 8.70. The normalized spacial score (nSPS) is 16.2. The van der Waals surface area contributed by atoms with Crippen molar-refractivity contribution in [1.29, 1.82) is 0 Å². The average molecular weight is 623 g/mol. The monoisotopic (exact) mass is 622 g/mol. The fraction of sp³-hybridized carbons (Fsp3) is 0.233. The quantitative estimate of drug-likeness (QED) is 0.0642. The third kappa shape index (κ3) is 6.28. The second kappa shape index (κ2) is 13.4. The molecule has 0 radical (unpaired) electrons. The van der Waals surface area contributed by atoms with Gasteiger partial charge in [0.05, 0.1) is 24.8 Å². The maximum Gasteiger partial charge on any atom is 0.301 e. The van der Waals surface area contributed by atoms with E-state index in [1.165, 1.54) is 40.4 Å². The predicted molar refractivity (Wildman–Crippen MR) is 163 cm³/mol. The minimum Gasteiger partial charge on any atom is -0.507 e. The molecule has 12 heteroatoms. The van der Waals surface area contributed by atoms with Gasteiger partial charge < -0.3 is 14.6 Å². The summed E-state index contributed by atoms with van der Waals surface area (Å²) < 4.78 is 12.3. The van der Waals surface area contributed by atoms with E-state index in [-0.39, 0.29) is 16.5 Å². The fourth-order valence-electron chi connectivity index (χ4n) is 4.39. The van der Waals surface area contributed by atoms with Gasteiger partial charge in [0.2, 0.25) is 5.13 Å². The van der Waals surface area contributed by atoms with Crippen molar-refractivity contribution in [3.8, 4) is 11.5 Å². The minimum atomic E-state index is -0.986. The van der Waals surface area contributed by atoms with Gasteiger partial charge in [-0.1, -0.05) is 59.8 Å². The minimum absolute atomic E-state index is 0.0681. The number of pyridine rings is 1. The first-order valence-electron chi connectivity index (χ1n) is 13.2. The highest BCUT2D eigenvalue weighted by Gasteiger charge is 2.48. The number of nitrogens with zero attached hydrogens (tertiary/aromatic N) is 4. The number of hydrogen-bond acceptors (Lipinski definition) is 10. The summed E-state index contributed by atoms with van der Waals surface area (Å²) in [5.74, 6) is -0.323. The summed E-state index contributed by atoms with van der Waals surface area (Å²) in [6.07, 6.45) is 3.82. The van der Waals surface area contributed by atoms with Gasteiger partial charge in [0, 0.05) is 28.7 Å². The number of ether oxygens (including phenoxy) is 2. The molecule has 1 aliphatic heterocycles. The Balaban J connectivity index is 1.56. The van der Waals surface area contributed by atoms with Crippen LogP contribution >= 0.6 is 34.7 Å². The smallest absolute Gasteiger partial charge is 0.301 e. The first-order valence-corrected chi connectivity index (χ1v) is 15.4. The number of aliphatic hydroxyl groups is 1. The van der Waals surface area contributed by atoms with Gasteiger partial charge in [0.1, 0.15) is 5.76 Å². The highest BCUT2D eigenvalue weighted by Crippen LogP contribution is 2.45. The van der Waals surface area contributed by atoms with E-state index >= 15 is 0 Å². The summed E-state index contributed by atoms with van der Waals surface area (Å²) in [5.41, 5.74) is 1.88. The average Bonchev–Trinajstić information content (AvgIpc) is 3.58. The molecule has 9 nitrogen and oxygen atoms in total. The Morgan fingerprint density at radius 3 is 2.50 bits per heavy atom. The first kappa shape index (κ1) is 29.6. The van der Waals surface area contributed by atoms with Crippen LogP contribution in [0.2, 0.25) is 5.02 Å². The lowest BCUT2D eigenvalue weighted by atomic mass is 9.95. The number of halogens is 1. The molecule has 1 saturated heterocycles. The Labute approximate surface area is 256 Å². The Morgan fingerprint density at radius 1 is 1.02 bits per heavy atom. The Morgan fingerprint density at radius 2 is 1.79 bits per heavy atom. The van der Waals surface area contributed by atoms with Gasteiger partial charge in [-0.3, -0.25) is 19.5 Å². The predicted octanol–water partition coefficient (Wildman–Crippen LogP) is 6.69. The molecule has 0 spiro atoms. The molecule has 2 aromatic carbocycles. The SMILES string of the molecule is CCCOc1ccc(C2C(=C(O)c3ccncc3)C(=O)C(=O)N2c2nnc(SCc3ccc(Cl)cc3)s2)cc1OCC. The van der Waals surface area contributed by atoms with Crippen LogP contribution in [0.15, 0.2) is 76.9 Å². The standard InChI is InChI=1S/C30H27ClN4O5S2/c1-3-15-40-22-10-7-20(16-23(22)39-4-2)25-24(26(36)19-11-13-32-14-12-19)27(37)28(38)35(25)29-33-34-30(42-29)41-17-18-5-8-21(31)9-6-18/h5-14,16,25,36H,3-4,15,17H2,1-2H3. The molecule has 1 amide bonds. The number of hydrogen-bond donors (Lipinski definition) is 1. The maximum atomic E-state index is 13.6. The Bertz CT molecular complexity index is 1610. The van der Waals surface area contributed by atoms with Crippen LogP contribution in [0.3, 0.4) is 0 Å². The molecule has 3 heterocycles. The molecule has 1 unspecified atom stereocenters. The van der Waals surface area contributed by atoms with Gasteiger partial charge in [-0.2, -0.15) is 0 Å². The zero-order valence-electron chi connectivity index (χ0n) is 22.8. The number of aromatic nitrogens is 3. The van der Waals surface area contributed by atoms with E-state index in [1.54, 1.807) is 30.3 Å². The van der Waals surface area contributed by atoms with E-state index in [2.05, 4.69) is 15.2 Å². The lowest BCUT2D eigenvalue weighted by molar-refractivity contribution is -0.132. The second-order valence-electron chi connectivity index (χ2n) is 9.16. The van der Waals surface area contributed by atoms with Crippen LogP contribution < -0.4 is 14.4 Å². The summed E-state index contributed by atoms with van der Waals surface area (Å²) in [7, 11) is 0. The molecule has 0 bridgehead atoms. The van der Waals surface area contributed by atoms with Crippen molar-refractivity contribution in [3.63, 3.8) is 0 Å². The van der Waals surface area contributed by atoms with Gasteiger partial charge in [0.25, 0.3) is 5.78 Å². The number of anilines is 1. The summed E-state index contributed by atoms with van der Waals surface area (Å²) in [5, 5.41) is 20.8. The zero-order valence-corrected chi connectivity index (χ0v) is 25.2. The molecule has 42 heavy (non-hydrogen) atoms. The van der Waals surface area contributed by atoms with Gasteiger partial charge >= 0.3 is 5.91 Å². The van der Waals surface area contributed by atoms with Crippen molar-refractivity contribution < 1.29 is 24.2 Å². The van der Waals surface area contributed by atoms with Gasteiger partial charge in [-0.25, -0.2) is 0 Å². The van der Waals surface area contributed by atoms with Crippen LogP contribution in [-0.4, -0.2) is 45.2 Å². The van der Waals surface area contributed by atoms with Gasteiger partial charge in [-0.15, -0.1) is 10.2 Å². The van der Waals surface area contributed by atoms with Crippen molar-refractivity contribution in [3.05, 3.63) is 94.3 Å². The molecule has 0 aliphatic carbocycles. The molecule has 1 N–H and O–H groups in total. The molecular formula is C30H27ClN4O5S2. The lowest BCUT2D eigenvalue weighted by Crippen LogP contribution is -2.29. The molecule has 1 aliphatic rings. The van der Waals surface area contributed by atoms with E-state index in [4.69, 9.17) is 21.1 Å². The van der Waals surface area contributed by atoms with Crippen LogP contribution in [0, 0.1) is 0 Å². The number of thioether (sulfide) groups is 1. The Kier molecular flexibility index (Phi) is 9.41. The van der Waals surface area contributed by atoms with Crippen LogP contribution in [0.1, 0.15) is 43.0 Å². The first-order chi connectivity index (χ1) is 20.4. The van der Waals surface area contributed by atoms with E-state index in [9.17, 15) is 14.7 Å². The number of rotatable bonds is 11. The highest BCUT2D eigenvalue weighted by atomic mass is 35.5. The molecule has 5 rings (SSSR count). The van der Waals surface area contributed by atoms with Crippen LogP contribution in [0.4, 0.5) is 5.13 Å². The Hall–Kier alpha value is -3.93. The van der Waals surface area contributed by atoms with Crippen LogP contribution in [-0.2, 0) is 15.3 Å². The van der Waals surface area contributed by atoms with Crippen molar-refractivity contribution in [2.75, 3.05) is 18.1 Å². The molecule has 0 saturated carbocycles. The van der Waals surface area contributed by atoms with E-state index in [0.29, 0.717) is 51.0 Å². The van der Waals surface area contributed by atoms with Gasteiger partial charge in [-0.05, 0) is 60.9 Å². The van der Waals surface area contributed by atoms with Crippen molar-refractivity contribution in [2.45, 2.75) is 36.4 Å². The number of carbonyl (C=O) groups is 2. The maximum absolute atomic E-state index is 13.6.